The molecule has 2 fully saturated rings. The van der Waals surface area contributed by atoms with Crippen LogP contribution in [0.15, 0.2) is 30.3 Å². The average molecular weight is 536 g/mol. The van der Waals surface area contributed by atoms with Crippen molar-refractivity contribution in [1.82, 2.24) is 10.6 Å². The molecule has 0 aromatic heterocycles. The highest BCUT2D eigenvalue weighted by Crippen LogP contribution is 2.57. The molecule has 4 atom stereocenters. The first-order valence-corrected chi connectivity index (χ1v) is 12.7. The number of hydrogen-bond donors (Lipinski definition) is 4. The monoisotopic (exact) mass is 535 g/mol. The molecule has 4 N–H and O–H groups in total. The predicted octanol–water partition coefficient (Wildman–Crippen LogP) is 4.15. The van der Waals surface area contributed by atoms with Crippen LogP contribution in [-0.4, -0.2) is 41.2 Å². The highest BCUT2D eigenvalue weighted by atomic mass is 35.5. The molecule has 1 aliphatic carbocycles. The third-order valence-electron chi connectivity index (χ3n) is 7.76. The number of benzene rings is 2. The average Bonchev–Trinajstić information content (AvgIpc) is 3.24. The highest BCUT2D eigenvalue weighted by molar-refractivity contribution is 6.31. The van der Waals surface area contributed by atoms with E-state index < -0.39 is 58.8 Å². The van der Waals surface area contributed by atoms with Crippen LogP contribution in [0.3, 0.4) is 0 Å². The van der Waals surface area contributed by atoms with Crippen molar-refractivity contribution in [2.75, 3.05) is 5.32 Å². The molecule has 2 aromatic rings. The van der Waals surface area contributed by atoms with E-state index in [1.165, 1.54) is 18.2 Å². The normalized spacial score (nSPS) is 30.7. The van der Waals surface area contributed by atoms with Gasteiger partial charge in [-0.3, -0.25) is 9.59 Å². The molecule has 2 aromatic carbocycles. The summed E-state index contributed by atoms with van der Waals surface area (Å²) in [6.07, 6.45) is 0.601. The number of carbonyl (C=O) groups excluding carboxylic acids is 2. The molecule has 2 aliphatic heterocycles. The lowest BCUT2D eigenvalue weighted by molar-refractivity contribution is -0.125. The molecule has 5 rings (SSSR count). The second-order valence-electron chi connectivity index (χ2n) is 11.5. The molecule has 6 nitrogen and oxygen atoms in total. The Bertz CT molecular complexity index is 1280. The van der Waals surface area contributed by atoms with Crippen molar-refractivity contribution in [3.8, 4) is 0 Å². The lowest BCUT2D eigenvalue weighted by Crippen LogP contribution is -2.53. The summed E-state index contributed by atoms with van der Waals surface area (Å²) in [5.74, 6) is -5.30. The van der Waals surface area contributed by atoms with E-state index in [1.807, 2.05) is 20.8 Å². The summed E-state index contributed by atoms with van der Waals surface area (Å²) in [5.41, 5.74) is -1.64. The molecule has 1 saturated carbocycles. The summed E-state index contributed by atoms with van der Waals surface area (Å²) >= 11 is 6.01. The van der Waals surface area contributed by atoms with Crippen molar-refractivity contribution in [3.63, 3.8) is 0 Å². The van der Waals surface area contributed by atoms with E-state index in [-0.39, 0.29) is 33.3 Å². The molecule has 0 unspecified atom stereocenters. The minimum absolute atomic E-state index is 0.156. The number of carbonyl (C=O) groups is 2. The standard InChI is InChI=1S/C27H29ClF3N3O3/c1-26(2,3)11-20-27(15-9-18(30)16(28)10-19(15)33-25(27)37)21(14-5-4-6-17(29)22(14)31)23(34-20)24(36)32-12-7-13(35)8-12/h4-6,9-10,12-13,20-21,23,34-35H,7-8,11H2,1-3H3,(H,32,36)(H,33,37)/t12-,13+,20-,21+,23-,27+/m1/s1. The van der Waals surface area contributed by atoms with Crippen molar-refractivity contribution >= 4 is 29.1 Å². The molecule has 10 heteroatoms. The van der Waals surface area contributed by atoms with Crippen LogP contribution < -0.4 is 16.0 Å². The molecule has 0 bridgehead atoms. The van der Waals surface area contributed by atoms with Crippen LogP contribution in [0.1, 0.15) is 57.1 Å². The summed E-state index contributed by atoms with van der Waals surface area (Å²) in [5, 5.41) is 18.4. The zero-order chi connectivity index (χ0) is 26.9. The second-order valence-corrected chi connectivity index (χ2v) is 12.0. The molecular weight excluding hydrogens is 507 g/mol. The zero-order valence-corrected chi connectivity index (χ0v) is 21.4. The van der Waals surface area contributed by atoms with Gasteiger partial charge in [0.15, 0.2) is 11.6 Å². The SMILES string of the molecule is CC(C)(C)C[C@H]1N[C@@H](C(=O)N[C@H]2C[C@@H](O)C2)[C@H](c2cccc(F)c2F)[C@@]12C(=O)Nc1cc(Cl)c(F)cc12. The lowest BCUT2D eigenvalue weighted by atomic mass is 9.62. The summed E-state index contributed by atoms with van der Waals surface area (Å²) in [6, 6.07) is 3.95. The number of fused-ring (bicyclic) bond motifs is 2. The maximum atomic E-state index is 15.4. The van der Waals surface area contributed by atoms with Crippen molar-refractivity contribution < 1.29 is 27.9 Å². The van der Waals surface area contributed by atoms with Gasteiger partial charge in [0, 0.05) is 23.7 Å². The Labute approximate surface area is 218 Å². The lowest BCUT2D eigenvalue weighted by Gasteiger charge is -2.38. The van der Waals surface area contributed by atoms with E-state index in [0.717, 1.165) is 12.1 Å². The fourth-order valence-corrected chi connectivity index (χ4v) is 6.32. The van der Waals surface area contributed by atoms with Crippen LogP contribution >= 0.6 is 11.6 Å². The Morgan fingerprint density at radius 3 is 2.54 bits per heavy atom. The van der Waals surface area contributed by atoms with E-state index in [4.69, 9.17) is 11.6 Å². The van der Waals surface area contributed by atoms with Gasteiger partial charge in [-0.1, -0.05) is 44.5 Å². The van der Waals surface area contributed by atoms with Crippen LogP contribution in [0, 0.1) is 22.9 Å². The van der Waals surface area contributed by atoms with Gasteiger partial charge in [0.1, 0.15) is 11.2 Å². The topological polar surface area (TPSA) is 90.5 Å². The number of hydrogen-bond acceptors (Lipinski definition) is 4. The van der Waals surface area contributed by atoms with E-state index in [2.05, 4.69) is 16.0 Å². The van der Waals surface area contributed by atoms with Gasteiger partial charge in [0.05, 0.1) is 17.2 Å². The quantitative estimate of drug-likeness (QED) is 0.473. The molecule has 1 spiro atoms. The summed E-state index contributed by atoms with van der Waals surface area (Å²) < 4.78 is 44.8. The number of rotatable bonds is 4. The summed E-state index contributed by atoms with van der Waals surface area (Å²) in [7, 11) is 0. The molecule has 37 heavy (non-hydrogen) atoms. The smallest absolute Gasteiger partial charge is 0.238 e. The Hall–Kier alpha value is -2.62. The van der Waals surface area contributed by atoms with Gasteiger partial charge in [-0.05, 0) is 54.0 Å². The number of amides is 2. The number of aliphatic hydroxyl groups excluding tert-OH is 1. The van der Waals surface area contributed by atoms with E-state index >= 15 is 4.39 Å². The van der Waals surface area contributed by atoms with Gasteiger partial charge in [-0.2, -0.15) is 0 Å². The van der Waals surface area contributed by atoms with Crippen molar-refractivity contribution in [1.29, 1.82) is 0 Å². The Kier molecular flexibility index (Phi) is 6.32. The highest BCUT2D eigenvalue weighted by Gasteiger charge is 2.66. The first kappa shape index (κ1) is 26.0. The minimum atomic E-state index is -1.64. The third kappa shape index (κ3) is 4.21. The van der Waals surface area contributed by atoms with Crippen molar-refractivity contribution in [3.05, 3.63) is 63.9 Å². The van der Waals surface area contributed by atoms with Crippen LogP contribution in [-0.2, 0) is 15.0 Å². The molecular formula is C27H29ClF3N3O3. The molecule has 0 radical (unpaired) electrons. The zero-order valence-electron chi connectivity index (χ0n) is 20.7. The van der Waals surface area contributed by atoms with Crippen LogP contribution in [0.5, 0.6) is 0 Å². The van der Waals surface area contributed by atoms with E-state index in [1.54, 1.807) is 0 Å². The van der Waals surface area contributed by atoms with Crippen LogP contribution in [0.25, 0.3) is 0 Å². The van der Waals surface area contributed by atoms with Crippen LogP contribution in [0.4, 0.5) is 18.9 Å². The molecule has 3 aliphatic rings. The van der Waals surface area contributed by atoms with Gasteiger partial charge < -0.3 is 21.1 Å². The fourth-order valence-electron chi connectivity index (χ4n) is 6.16. The molecule has 198 valence electrons. The van der Waals surface area contributed by atoms with Gasteiger partial charge in [-0.15, -0.1) is 0 Å². The number of aliphatic hydroxyl groups is 1. The van der Waals surface area contributed by atoms with Gasteiger partial charge in [-0.25, -0.2) is 13.2 Å². The molecule has 1 saturated heterocycles. The first-order chi connectivity index (χ1) is 17.3. The summed E-state index contributed by atoms with van der Waals surface area (Å²) in [4.78, 5) is 27.6. The van der Waals surface area contributed by atoms with Gasteiger partial charge in [0.25, 0.3) is 0 Å². The number of anilines is 1. The largest absolute Gasteiger partial charge is 0.393 e. The fraction of sp³-hybridized carbons (Fsp3) is 0.481. The van der Waals surface area contributed by atoms with E-state index in [9.17, 15) is 23.5 Å². The number of nitrogens with one attached hydrogen (secondary N) is 3. The first-order valence-electron chi connectivity index (χ1n) is 12.3. The summed E-state index contributed by atoms with van der Waals surface area (Å²) in [6.45, 7) is 5.87. The predicted molar refractivity (Wildman–Crippen MR) is 133 cm³/mol. The Balaban J connectivity index is 1.73. The van der Waals surface area contributed by atoms with Crippen molar-refractivity contribution in [2.24, 2.45) is 5.41 Å². The third-order valence-corrected chi connectivity index (χ3v) is 8.05. The maximum absolute atomic E-state index is 15.4. The van der Waals surface area contributed by atoms with Gasteiger partial charge in [0.2, 0.25) is 11.8 Å². The maximum Gasteiger partial charge on any atom is 0.238 e. The minimum Gasteiger partial charge on any atom is -0.393 e. The number of halogens is 4. The Morgan fingerprint density at radius 2 is 1.89 bits per heavy atom. The second kappa shape index (κ2) is 8.99. The van der Waals surface area contributed by atoms with Gasteiger partial charge >= 0.3 is 0 Å². The molecule has 2 heterocycles. The van der Waals surface area contributed by atoms with Crippen LogP contribution in [0.2, 0.25) is 5.02 Å². The van der Waals surface area contributed by atoms with E-state index in [0.29, 0.717) is 19.3 Å². The van der Waals surface area contributed by atoms with Crippen molar-refractivity contribution in [2.45, 2.75) is 75.6 Å². The Morgan fingerprint density at radius 1 is 1.19 bits per heavy atom. The molecule has 2 amide bonds.